The Morgan fingerprint density at radius 2 is 2.00 bits per heavy atom. The highest BCUT2D eigenvalue weighted by Gasteiger charge is 2.15. The monoisotopic (exact) mass is 354 g/mol. The number of rotatable bonds is 5. The Morgan fingerprint density at radius 1 is 1.20 bits per heavy atom. The van der Waals surface area contributed by atoms with E-state index in [2.05, 4.69) is 20.6 Å². The molecule has 7 heteroatoms. The summed E-state index contributed by atoms with van der Waals surface area (Å²) in [5.74, 6) is 1.95. The van der Waals surface area contributed by atoms with Gasteiger partial charge >= 0.3 is 0 Å². The smallest absolute Gasteiger partial charge is 0.257 e. The summed E-state index contributed by atoms with van der Waals surface area (Å²) in [5, 5.41) is 5.81. The van der Waals surface area contributed by atoms with Crippen molar-refractivity contribution in [2.24, 2.45) is 0 Å². The molecule has 1 aliphatic heterocycles. The average molecular weight is 354 g/mol. The van der Waals surface area contributed by atoms with E-state index in [0.717, 1.165) is 22.7 Å². The molecule has 0 atom stereocenters. The predicted octanol–water partition coefficient (Wildman–Crippen LogP) is 2.99. The number of methoxy groups -OCH3 is 1. The van der Waals surface area contributed by atoms with E-state index in [1.54, 1.807) is 20.4 Å². The number of hydrogen-bond donors (Lipinski definition) is 2. The van der Waals surface area contributed by atoms with E-state index in [1.807, 2.05) is 42.5 Å². The molecule has 0 unspecified atom stereocenters. The van der Waals surface area contributed by atoms with Crippen molar-refractivity contribution in [2.45, 2.75) is 0 Å². The molecule has 2 heterocycles. The molecule has 0 aliphatic carbocycles. The minimum absolute atomic E-state index is 0.0650. The largest absolute Gasteiger partial charge is 0.497 e. The van der Waals surface area contributed by atoms with Gasteiger partial charge in [0.1, 0.15) is 5.75 Å². The second-order valence-corrected chi connectivity index (χ2v) is 6.23. The first-order valence-electron chi connectivity index (χ1n) is 7.70. The SMILES string of the molecule is CNC(=O)C1=CC=C(c2ccnc(Nc3ccc(OC)cc3)n2)CS1. The number of aromatic nitrogens is 2. The van der Waals surface area contributed by atoms with Crippen LogP contribution in [0.1, 0.15) is 5.69 Å². The maximum atomic E-state index is 11.6. The Hall–Kier alpha value is -2.80. The Kier molecular flexibility index (Phi) is 5.35. The van der Waals surface area contributed by atoms with Crippen LogP contribution in [0.15, 0.2) is 53.6 Å². The van der Waals surface area contributed by atoms with E-state index >= 15 is 0 Å². The first kappa shape index (κ1) is 17.0. The second-order valence-electron chi connectivity index (χ2n) is 5.21. The molecule has 0 spiro atoms. The molecule has 3 rings (SSSR count). The lowest BCUT2D eigenvalue weighted by atomic mass is 10.2. The zero-order chi connectivity index (χ0) is 17.6. The number of nitrogens with one attached hydrogen (secondary N) is 2. The highest BCUT2D eigenvalue weighted by atomic mass is 32.2. The van der Waals surface area contributed by atoms with Crippen LogP contribution in [0, 0.1) is 0 Å². The summed E-state index contributed by atoms with van der Waals surface area (Å²) < 4.78 is 5.15. The third kappa shape index (κ3) is 4.19. The van der Waals surface area contributed by atoms with Crippen molar-refractivity contribution in [3.05, 3.63) is 59.3 Å². The van der Waals surface area contributed by atoms with Crippen LogP contribution in [-0.4, -0.2) is 35.8 Å². The van der Waals surface area contributed by atoms with Gasteiger partial charge < -0.3 is 15.4 Å². The number of likely N-dealkylation sites (N-methyl/N-ethyl adjacent to an activating group) is 1. The third-order valence-electron chi connectivity index (χ3n) is 3.60. The van der Waals surface area contributed by atoms with Crippen molar-refractivity contribution in [1.29, 1.82) is 0 Å². The van der Waals surface area contributed by atoms with Gasteiger partial charge in [0.2, 0.25) is 5.95 Å². The molecule has 1 amide bonds. The van der Waals surface area contributed by atoms with Crippen molar-refractivity contribution in [3.63, 3.8) is 0 Å². The lowest BCUT2D eigenvalue weighted by Crippen LogP contribution is -2.19. The van der Waals surface area contributed by atoms with Crippen LogP contribution in [-0.2, 0) is 4.79 Å². The van der Waals surface area contributed by atoms with E-state index in [9.17, 15) is 4.79 Å². The molecule has 0 fully saturated rings. The highest BCUT2D eigenvalue weighted by molar-refractivity contribution is 8.04. The standard InChI is InChI=1S/C18H18N4O2S/c1-19-17(23)16-8-3-12(11-25-16)15-9-10-20-18(22-15)21-13-4-6-14(24-2)7-5-13/h3-10H,11H2,1-2H3,(H,19,23)(H,20,21,22). The summed E-state index contributed by atoms with van der Waals surface area (Å²) in [6.45, 7) is 0. The predicted molar refractivity (Wildman–Crippen MR) is 101 cm³/mol. The van der Waals surface area contributed by atoms with Crippen molar-refractivity contribution >= 4 is 34.9 Å². The fourth-order valence-corrected chi connectivity index (χ4v) is 3.21. The van der Waals surface area contributed by atoms with Gasteiger partial charge in [0, 0.05) is 24.7 Å². The number of hydrogen-bond acceptors (Lipinski definition) is 6. The minimum Gasteiger partial charge on any atom is -0.497 e. The summed E-state index contributed by atoms with van der Waals surface area (Å²) in [5.41, 5.74) is 2.77. The molecule has 1 aromatic heterocycles. The number of allylic oxidation sites excluding steroid dienone is 2. The zero-order valence-corrected chi connectivity index (χ0v) is 14.8. The summed E-state index contributed by atoms with van der Waals surface area (Å²) in [6.07, 6.45) is 5.47. The van der Waals surface area contributed by atoms with Crippen LogP contribution in [0.5, 0.6) is 5.75 Å². The Morgan fingerprint density at radius 3 is 2.64 bits per heavy atom. The molecular weight excluding hydrogens is 336 g/mol. The van der Waals surface area contributed by atoms with Gasteiger partial charge in [-0.3, -0.25) is 4.79 Å². The van der Waals surface area contributed by atoms with Crippen LogP contribution in [0.2, 0.25) is 0 Å². The van der Waals surface area contributed by atoms with Crippen LogP contribution >= 0.6 is 11.8 Å². The first-order valence-corrected chi connectivity index (χ1v) is 8.68. The van der Waals surface area contributed by atoms with E-state index in [-0.39, 0.29) is 5.91 Å². The van der Waals surface area contributed by atoms with Crippen LogP contribution < -0.4 is 15.4 Å². The van der Waals surface area contributed by atoms with Gasteiger partial charge in [0.25, 0.3) is 5.91 Å². The van der Waals surface area contributed by atoms with Crippen molar-refractivity contribution < 1.29 is 9.53 Å². The summed E-state index contributed by atoms with van der Waals surface area (Å²) in [7, 11) is 3.26. The fraction of sp³-hybridized carbons (Fsp3) is 0.167. The van der Waals surface area contributed by atoms with E-state index in [4.69, 9.17) is 4.74 Å². The lowest BCUT2D eigenvalue weighted by Gasteiger charge is -2.13. The highest BCUT2D eigenvalue weighted by Crippen LogP contribution is 2.29. The van der Waals surface area contributed by atoms with Gasteiger partial charge in [-0.25, -0.2) is 9.97 Å². The Labute approximate surface area is 150 Å². The van der Waals surface area contributed by atoms with Crippen molar-refractivity contribution in [2.75, 3.05) is 25.2 Å². The molecule has 0 radical (unpaired) electrons. The van der Waals surface area contributed by atoms with Crippen LogP contribution in [0.25, 0.3) is 5.57 Å². The number of thioether (sulfide) groups is 1. The normalized spacial score (nSPS) is 13.5. The van der Waals surface area contributed by atoms with Gasteiger partial charge in [-0.05, 0) is 42.0 Å². The summed E-state index contributed by atoms with van der Waals surface area (Å²) in [4.78, 5) is 21.2. The first-order chi connectivity index (χ1) is 12.2. The maximum absolute atomic E-state index is 11.6. The summed E-state index contributed by atoms with van der Waals surface area (Å²) in [6, 6.07) is 9.42. The van der Waals surface area contributed by atoms with Gasteiger partial charge in [0.05, 0.1) is 17.7 Å². The van der Waals surface area contributed by atoms with E-state index in [1.165, 1.54) is 11.8 Å². The van der Waals surface area contributed by atoms with E-state index < -0.39 is 0 Å². The number of anilines is 2. The lowest BCUT2D eigenvalue weighted by molar-refractivity contribution is -0.116. The topological polar surface area (TPSA) is 76.1 Å². The number of benzene rings is 1. The Bertz CT molecular complexity index is 831. The van der Waals surface area contributed by atoms with Crippen LogP contribution in [0.4, 0.5) is 11.6 Å². The van der Waals surface area contributed by atoms with E-state index in [0.29, 0.717) is 16.6 Å². The van der Waals surface area contributed by atoms with Crippen LogP contribution in [0.3, 0.4) is 0 Å². The molecule has 2 N–H and O–H groups in total. The molecular formula is C18H18N4O2S. The molecule has 0 saturated heterocycles. The van der Waals surface area contributed by atoms with Gasteiger partial charge in [-0.1, -0.05) is 6.08 Å². The fourth-order valence-electron chi connectivity index (χ4n) is 2.25. The van der Waals surface area contributed by atoms with Gasteiger partial charge in [-0.15, -0.1) is 11.8 Å². The zero-order valence-electron chi connectivity index (χ0n) is 13.9. The number of carbonyl (C=O) groups excluding carboxylic acids is 1. The van der Waals surface area contributed by atoms with Gasteiger partial charge in [0.15, 0.2) is 0 Å². The third-order valence-corrected chi connectivity index (χ3v) is 4.69. The number of amides is 1. The number of ether oxygens (including phenoxy) is 1. The minimum atomic E-state index is -0.0650. The molecule has 1 aromatic carbocycles. The maximum Gasteiger partial charge on any atom is 0.257 e. The van der Waals surface area contributed by atoms with Crippen molar-refractivity contribution in [1.82, 2.24) is 15.3 Å². The second kappa shape index (κ2) is 7.85. The molecule has 25 heavy (non-hydrogen) atoms. The molecule has 2 aromatic rings. The molecule has 6 nitrogen and oxygen atoms in total. The average Bonchev–Trinajstić information content (AvgIpc) is 2.68. The van der Waals surface area contributed by atoms with Gasteiger partial charge in [-0.2, -0.15) is 0 Å². The Balaban J connectivity index is 1.76. The molecule has 0 saturated carbocycles. The molecule has 128 valence electrons. The molecule has 0 bridgehead atoms. The quantitative estimate of drug-likeness (QED) is 0.860. The van der Waals surface area contributed by atoms with Crippen molar-refractivity contribution in [3.8, 4) is 5.75 Å². The number of carbonyl (C=O) groups is 1. The molecule has 1 aliphatic rings. The number of nitrogens with zero attached hydrogens (tertiary/aromatic N) is 2. The summed E-state index contributed by atoms with van der Waals surface area (Å²) >= 11 is 1.50.